The van der Waals surface area contributed by atoms with Crippen LogP contribution in [-0.4, -0.2) is 10.9 Å². The fourth-order valence-electron chi connectivity index (χ4n) is 2.25. The number of ether oxygens (including phenoxy) is 1. The lowest BCUT2D eigenvalue weighted by molar-refractivity contribution is 0.0940. The summed E-state index contributed by atoms with van der Waals surface area (Å²) >= 11 is 7.07. The van der Waals surface area contributed by atoms with Crippen molar-refractivity contribution in [1.82, 2.24) is 10.3 Å². The summed E-state index contributed by atoms with van der Waals surface area (Å²) in [5.74, 6) is -0.483. The fraction of sp³-hybridized carbons (Fsp3) is 0.105. The van der Waals surface area contributed by atoms with E-state index in [4.69, 9.17) is 16.3 Å². The topological polar surface area (TPSA) is 75.0 Å². The second-order valence-electron chi connectivity index (χ2n) is 5.43. The van der Waals surface area contributed by atoms with Crippen LogP contribution in [0.15, 0.2) is 53.9 Å². The van der Waals surface area contributed by atoms with Gasteiger partial charge in [0.25, 0.3) is 5.91 Å². The van der Waals surface area contributed by atoms with E-state index in [1.807, 2.05) is 6.07 Å². The van der Waals surface area contributed by atoms with Gasteiger partial charge >= 0.3 is 0 Å². The molecule has 0 fully saturated rings. The molecule has 1 aromatic heterocycles. The number of nitriles is 1. The number of nitrogens with zero attached hydrogens (tertiary/aromatic N) is 2. The number of nitrogens with one attached hydrogen (secondary N) is 1. The smallest absolute Gasteiger partial charge is 0.272 e. The minimum atomic E-state index is -1.10. The van der Waals surface area contributed by atoms with E-state index in [9.17, 15) is 14.4 Å². The monoisotopic (exact) mass is 401 g/mol. The molecule has 27 heavy (non-hydrogen) atoms. The number of hydrogen-bond acceptors (Lipinski definition) is 5. The summed E-state index contributed by atoms with van der Waals surface area (Å²) in [6, 6.07) is 13.5. The zero-order valence-corrected chi connectivity index (χ0v) is 15.4. The molecule has 1 unspecified atom stereocenters. The van der Waals surface area contributed by atoms with E-state index in [1.54, 1.807) is 35.7 Å². The van der Waals surface area contributed by atoms with E-state index in [0.29, 0.717) is 15.8 Å². The summed E-state index contributed by atoms with van der Waals surface area (Å²) in [5.41, 5.74) is 0.251. The SMILES string of the molecule is N#CC(NC(=O)c1csc(COc2ccc(Cl)cc2)n1)c1ccccc1F. The number of halogens is 2. The standard InChI is InChI=1S/C19H13ClFN3O2S/c20-12-5-7-13(8-6-12)26-10-18-23-17(11-27-18)19(25)24-16(9-22)14-3-1-2-4-15(14)21/h1-8,11,16H,10H2,(H,24,25). The normalized spacial score (nSPS) is 11.4. The van der Waals surface area contributed by atoms with Gasteiger partial charge in [-0.3, -0.25) is 4.79 Å². The lowest BCUT2D eigenvalue weighted by Crippen LogP contribution is -2.28. The highest BCUT2D eigenvalue weighted by atomic mass is 35.5. The highest BCUT2D eigenvalue weighted by molar-refractivity contribution is 7.09. The summed E-state index contributed by atoms with van der Waals surface area (Å²) in [5, 5.41) is 14.5. The lowest BCUT2D eigenvalue weighted by atomic mass is 10.1. The Bertz CT molecular complexity index is 985. The van der Waals surface area contributed by atoms with Gasteiger partial charge in [-0.2, -0.15) is 5.26 Å². The van der Waals surface area contributed by atoms with Crippen molar-refractivity contribution < 1.29 is 13.9 Å². The average molecular weight is 402 g/mol. The Balaban J connectivity index is 1.63. The van der Waals surface area contributed by atoms with Crippen molar-refractivity contribution in [3.63, 3.8) is 0 Å². The first-order chi connectivity index (χ1) is 13.1. The predicted octanol–water partition coefficient (Wildman–Crippen LogP) is 4.51. The number of aromatic nitrogens is 1. The molecule has 0 aliphatic heterocycles. The number of amides is 1. The molecule has 0 spiro atoms. The van der Waals surface area contributed by atoms with Crippen molar-refractivity contribution in [2.75, 3.05) is 0 Å². The van der Waals surface area contributed by atoms with Gasteiger partial charge < -0.3 is 10.1 Å². The van der Waals surface area contributed by atoms with Gasteiger partial charge in [0.05, 0.1) is 6.07 Å². The van der Waals surface area contributed by atoms with Crippen LogP contribution in [0, 0.1) is 17.1 Å². The first-order valence-electron chi connectivity index (χ1n) is 7.84. The first kappa shape index (κ1) is 18.8. The molecule has 3 rings (SSSR count). The molecule has 1 N–H and O–H groups in total. The molecule has 136 valence electrons. The summed E-state index contributed by atoms with van der Waals surface area (Å²) in [6.07, 6.45) is 0. The van der Waals surface area contributed by atoms with Crippen molar-refractivity contribution in [3.8, 4) is 11.8 Å². The van der Waals surface area contributed by atoms with Crippen LogP contribution < -0.4 is 10.1 Å². The maximum Gasteiger partial charge on any atom is 0.272 e. The van der Waals surface area contributed by atoms with Gasteiger partial charge in [0.2, 0.25) is 0 Å². The van der Waals surface area contributed by atoms with Crippen molar-refractivity contribution in [2.45, 2.75) is 12.6 Å². The lowest BCUT2D eigenvalue weighted by Gasteiger charge is -2.11. The van der Waals surface area contributed by atoms with Crippen LogP contribution in [0.1, 0.15) is 27.1 Å². The van der Waals surface area contributed by atoms with Crippen LogP contribution in [0.5, 0.6) is 5.75 Å². The van der Waals surface area contributed by atoms with Gasteiger partial charge in [0, 0.05) is 16.0 Å². The van der Waals surface area contributed by atoms with Crippen LogP contribution in [0.4, 0.5) is 4.39 Å². The summed E-state index contributed by atoms with van der Waals surface area (Å²) in [6.45, 7) is 0.189. The molecule has 0 radical (unpaired) electrons. The number of carbonyl (C=O) groups is 1. The Morgan fingerprint density at radius 1 is 1.30 bits per heavy atom. The zero-order chi connectivity index (χ0) is 19.2. The Morgan fingerprint density at radius 3 is 2.74 bits per heavy atom. The summed E-state index contributed by atoms with van der Waals surface area (Å²) in [7, 11) is 0. The Hall–Kier alpha value is -2.95. The molecule has 8 heteroatoms. The van der Waals surface area contributed by atoms with Crippen molar-refractivity contribution in [1.29, 1.82) is 5.26 Å². The molecular weight excluding hydrogens is 389 g/mol. The molecule has 0 aliphatic rings. The van der Waals surface area contributed by atoms with Gasteiger partial charge in [0.15, 0.2) is 0 Å². The van der Waals surface area contributed by atoms with E-state index in [0.717, 1.165) is 0 Å². The van der Waals surface area contributed by atoms with Crippen LogP contribution in [-0.2, 0) is 6.61 Å². The molecule has 1 atom stereocenters. The molecule has 0 saturated heterocycles. The summed E-state index contributed by atoms with van der Waals surface area (Å²) < 4.78 is 19.4. The van der Waals surface area contributed by atoms with E-state index in [2.05, 4.69) is 10.3 Å². The quantitative estimate of drug-likeness (QED) is 0.659. The van der Waals surface area contributed by atoms with Gasteiger partial charge in [-0.1, -0.05) is 29.8 Å². The molecule has 0 aliphatic carbocycles. The van der Waals surface area contributed by atoms with Crippen LogP contribution in [0.25, 0.3) is 0 Å². The van der Waals surface area contributed by atoms with Crippen LogP contribution >= 0.6 is 22.9 Å². The Kier molecular flexibility index (Phi) is 6.01. The molecule has 0 bridgehead atoms. The number of rotatable bonds is 6. The van der Waals surface area contributed by atoms with E-state index >= 15 is 0 Å². The third-order valence-corrected chi connectivity index (χ3v) is 4.66. The van der Waals surface area contributed by atoms with E-state index in [-0.39, 0.29) is 17.9 Å². The largest absolute Gasteiger partial charge is 0.486 e. The van der Waals surface area contributed by atoms with Gasteiger partial charge in [-0.15, -0.1) is 11.3 Å². The van der Waals surface area contributed by atoms with Crippen molar-refractivity contribution in [2.24, 2.45) is 0 Å². The molecule has 3 aromatic rings. The molecule has 1 amide bonds. The van der Waals surface area contributed by atoms with Crippen LogP contribution in [0.2, 0.25) is 5.02 Å². The van der Waals surface area contributed by atoms with Crippen molar-refractivity contribution in [3.05, 3.63) is 81.0 Å². The molecule has 1 heterocycles. The first-order valence-corrected chi connectivity index (χ1v) is 9.10. The minimum absolute atomic E-state index is 0.106. The summed E-state index contributed by atoms with van der Waals surface area (Å²) in [4.78, 5) is 16.5. The van der Waals surface area contributed by atoms with E-state index in [1.165, 1.54) is 29.5 Å². The number of thiazole rings is 1. The maximum absolute atomic E-state index is 13.8. The third-order valence-electron chi connectivity index (χ3n) is 3.58. The second kappa shape index (κ2) is 8.62. The number of benzene rings is 2. The Labute approximate surface area is 164 Å². The fourth-order valence-corrected chi connectivity index (χ4v) is 3.06. The number of hydrogen-bond donors (Lipinski definition) is 1. The zero-order valence-electron chi connectivity index (χ0n) is 13.9. The average Bonchev–Trinajstić information content (AvgIpc) is 3.15. The second-order valence-corrected chi connectivity index (χ2v) is 6.81. The molecule has 2 aromatic carbocycles. The molecular formula is C19H13ClFN3O2S. The third kappa shape index (κ3) is 4.82. The molecule has 5 nitrogen and oxygen atoms in total. The highest BCUT2D eigenvalue weighted by Crippen LogP contribution is 2.20. The maximum atomic E-state index is 13.8. The van der Waals surface area contributed by atoms with Crippen molar-refractivity contribution >= 4 is 28.8 Å². The Morgan fingerprint density at radius 2 is 2.04 bits per heavy atom. The van der Waals surface area contributed by atoms with E-state index < -0.39 is 17.8 Å². The molecule has 0 saturated carbocycles. The van der Waals surface area contributed by atoms with Gasteiger partial charge in [-0.25, -0.2) is 9.37 Å². The van der Waals surface area contributed by atoms with Gasteiger partial charge in [-0.05, 0) is 30.3 Å². The highest BCUT2D eigenvalue weighted by Gasteiger charge is 2.20. The number of carbonyl (C=O) groups excluding carboxylic acids is 1. The predicted molar refractivity (Wildman–Crippen MR) is 100 cm³/mol. The van der Waals surface area contributed by atoms with Crippen LogP contribution in [0.3, 0.4) is 0 Å². The minimum Gasteiger partial charge on any atom is -0.486 e. The van der Waals surface area contributed by atoms with Gasteiger partial charge in [0.1, 0.15) is 34.9 Å².